The molecule has 1 aromatic rings. The van der Waals surface area contributed by atoms with E-state index < -0.39 is 0 Å². The number of aromatic amines is 1. The summed E-state index contributed by atoms with van der Waals surface area (Å²) in [6, 6.07) is 0. The van der Waals surface area contributed by atoms with Gasteiger partial charge < -0.3 is 4.74 Å². The number of aromatic nitrogens is 3. The second-order valence-corrected chi connectivity index (χ2v) is 3.36. The molecule has 62 valence electrons. The molecule has 0 bridgehead atoms. The molecular weight excluding hydrogens is 142 g/mol. The van der Waals surface area contributed by atoms with E-state index in [9.17, 15) is 0 Å². The van der Waals surface area contributed by atoms with Crippen LogP contribution >= 0.6 is 0 Å². The van der Waals surface area contributed by atoms with Gasteiger partial charge in [0.2, 0.25) is 0 Å². The zero-order chi connectivity index (χ0) is 8.32. The highest BCUT2D eigenvalue weighted by Crippen LogP contribution is 2.08. The molecule has 0 aromatic carbocycles. The highest BCUT2D eigenvalue weighted by Gasteiger charge is 2.10. The Kier molecular flexibility index (Phi) is 2.24. The summed E-state index contributed by atoms with van der Waals surface area (Å²) >= 11 is 0. The van der Waals surface area contributed by atoms with Gasteiger partial charge in [0.05, 0.1) is 18.4 Å². The van der Waals surface area contributed by atoms with Crippen LogP contribution in [0.25, 0.3) is 0 Å². The minimum Gasteiger partial charge on any atom is -0.369 e. The predicted octanol–water partition coefficient (Wildman–Crippen LogP) is 1.12. The Labute approximate surface area is 66.0 Å². The summed E-state index contributed by atoms with van der Waals surface area (Å²) in [6.07, 6.45) is 1.66. The van der Waals surface area contributed by atoms with Crippen molar-refractivity contribution in [2.24, 2.45) is 0 Å². The second-order valence-electron chi connectivity index (χ2n) is 3.36. The van der Waals surface area contributed by atoms with Crippen molar-refractivity contribution in [3.05, 3.63) is 11.9 Å². The van der Waals surface area contributed by atoms with E-state index in [2.05, 4.69) is 15.4 Å². The van der Waals surface area contributed by atoms with Gasteiger partial charge >= 0.3 is 0 Å². The maximum Gasteiger partial charge on any atom is 0.108 e. The van der Waals surface area contributed by atoms with Crippen LogP contribution in [0.3, 0.4) is 0 Å². The lowest BCUT2D eigenvalue weighted by Gasteiger charge is -2.18. The van der Waals surface area contributed by atoms with Crippen molar-refractivity contribution >= 4 is 0 Å². The van der Waals surface area contributed by atoms with Gasteiger partial charge in [-0.15, -0.1) is 0 Å². The molecule has 0 amide bonds. The van der Waals surface area contributed by atoms with Crippen molar-refractivity contribution in [1.29, 1.82) is 0 Å². The molecule has 1 aromatic heterocycles. The van der Waals surface area contributed by atoms with Gasteiger partial charge in [0, 0.05) is 0 Å². The molecule has 0 fully saturated rings. The highest BCUT2D eigenvalue weighted by atomic mass is 16.5. The van der Waals surface area contributed by atoms with E-state index in [1.807, 2.05) is 20.8 Å². The summed E-state index contributed by atoms with van der Waals surface area (Å²) in [5, 5.41) is 10.1. The number of hydrogen-bond donors (Lipinski definition) is 1. The highest BCUT2D eigenvalue weighted by molar-refractivity contribution is 4.87. The standard InChI is InChI=1S/C7H13N3O/c1-7(2,3)11-5-6-4-8-10-9-6/h4H,5H2,1-3H3,(H,8,9,10). The minimum absolute atomic E-state index is 0.112. The molecule has 4 heteroatoms. The smallest absolute Gasteiger partial charge is 0.108 e. The molecule has 0 aliphatic heterocycles. The van der Waals surface area contributed by atoms with Crippen LogP contribution in [0.5, 0.6) is 0 Å². The van der Waals surface area contributed by atoms with Crippen LogP contribution in [-0.4, -0.2) is 21.0 Å². The van der Waals surface area contributed by atoms with Crippen LogP contribution in [0.4, 0.5) is 0 Å². The molecule has 4 nitrogen and oxygen atoms in total. The summed E-state index contributed by atoms with van der Waals surface area (Å²) < 4.78 is 5.45. The SMILES string of the molecule is CC(C)(C)OCc1cn[nH]n1. The molecular formula is C7H13N3O. The molecule has 0 spiro atoms. The van der Waals surface area contributed by atoms with Crippen molar-refractivity contribution in [3.8, 4) is 0 Å². The number of ether oxygens (including phenoxy) is 1. The van der Waals surface area contributed by atoms with E-state index in [1.54, 1.807) is 6.20 Å². The van der Waals surface area contributed by atoms with E-state index >= 15 is 0 Å². The third-order valence-electron chi connectivity index (χ3n) is 1.12. The van der Waals surface area contributed by atoms with E-state index in [1.165, 1.54) is 0 Å². The van der Waals surface area contributed by atoms with Crippen molar-refractivity contribution < 1.29 is 4.74 Å². The fourth-order valence-corrected chi connectivity index (χ4v) is 0.585. The maximum absolute atomic E-state index is 5.45. The molecule has 1 heterocycles. The molecule has 0 unspecified atom stereocenters. The Hall–Kier alpha value is -0.900. The van der Waals surface area contributed by atoms with Crippen LogP contribution in [0.15, 0.2) is 6.20 Å². The van der Waals surface area contributed by atoms with Crippen LogP contribution in [0.1, 0.15) is 26.5 Å². The van der Waals surface area contributed by atoms with E-state index in [-0.39, 0.29) is 5.60 Å². The first kappa shape index (κ1) is 8.20. The third kappa shape index (κ3) is 3.13. The first-order valence-corrected chi connectivity index (χ1v) is 3.56. The normalized spacial score (nSPS) is 11.9. The molecule has 0 radical (unpaired) electrons. The van der Waals surface area contributed by atoms with E-state index in [0.717, 1.165) is 5.69 Å². The Bertz CT molecular complexity index is 200. The minimum atomic E-state index is -0.112. The van der Waals surface area contributed by atoms with Crippen LogP contribution in [0.2, 0.25) is 0 Å². The molecule has 0 saturated heterocycles. The summed E-state index contributed by atoms with van der Waals surface area (Å²) in [7, 11) is 0. The number of nitrogens with one attached hydrogen (secondary N) is 1. The van der Waals surface area contributed by atoms with Crippen molar-refractivity contribution in [3.63, 3.8) is 0 Å². The first-order valence-electron chi connectivity index (χ1n) is 3.56. The Morgan fingerprint density at radius 2 is 2.27 bits per heavy atom. The average Bonchev–Trinajstić information content (AvgIpc) is 2.32. The van der Waals surface area contributed by atoms with Gasteiger partial charge in [-0.2, -0.15) is 15.4 Å². The van der Waals surface area contributed by atoms with Crippen LogP contribution in [-0.2, 0) is 11.3 Å². The second kappa shape index (κ2) is 3.00. The fourth-order valence-electron chi connectivity index (χ4n) is 0.585. The van der Waals surface area contributed by atoms with Gasteiger partial charge in [0.25, 0.3) is 0 Å². The zero-order valence-electron chi connectivity index (χ0n) is 7.09. The van der Waals surface area contributed by atoms with Gasteiger partial charge in [-0.05, 0) is 20.8 Å². The maximum atomic E-state index is 5.45. The van der Waals surface area contributed by atoms with Crippen molar-refractivity contribution in [2.45, 2.75) is 33.0 Å². The van der Waals surface area contributed by atoms with E-state index in [4.69, 9.17) is 4.74 Å². The topological polar surface area (TPSA) is 50.8 Å². The van der Waals surface area contributed by atoms with Gasteiger partial charge in [-0.1, -0.05) is 0 Å². The number of nitrogens with zero attached hydrogens (tertiary/aromatic N) is 2. The van der Waals surface area contributed by atoms with Gasteiger partial charge in [-0.3, -0.25) is 0 Å². The van der Waals surface area contributed by atoms with E-state index in [0.29, 0.717) is 6.61 Å². The van der Waals surface area contributed by atoms with Crippen LogP contribution < -0.4 is 0 Å². The number of H-pyrrole nitrogens is 1. The quantitative estimate of drug-likeness (QED) is 0.696. The third-order valence-corrected chi connectivity index (χ3v) is 1.12. The monoisotopic (exact) mass is 155 g/mol. The average molecular weight is 155 g/mol. The summed E-state index contributed by atoms with van der Waals surface area (Å²) in [6.45, 7) is 6.53. The summed E-state index contributed by atoms with van der Waals surface area (Å²) in [4.78, 5) is 0. The van der Waals surface area contributed by atoms with Crippen molar-refractivity contribution in [1.82, 2.24) is 15.4 Å². The van der Waals surface area contributed by atoms with Gasteiger partial charge in [0.1, 0.15) is 5.69 Å². The molecule has 0 aliphatic rings. The number of rotatable bonds is 2. The first-order chi connectivity index (χ1) is 5.08. The molecule has 1 N–H and O–H groups in total. The summed E-state index contributed by atoms with van der Waals surface area (Å²) in [5.41, 5.74) is 0.721. The zero-order valence-corrected chi connectivity index (χ0v) is 7.09. The van der Waals surface area contributed by atoms with Gasteiger partial charge in [0.15, 0.2) is 0 Å². The Balaban J connectivity index is 2.35. The van der Waals surface area contributed by atoms with Gasteiger partial charge in [-0.25, -0.2) is 0 Å². The predicted molar refractivity (Wildman–Crippen MR) is 40.9 cm³/mol. The number of hydrogen-bond acceptors (Lipinski definition) is 3. The van der Waals surface area contributed by atoms with Crippen molar-refractivity contribution in [2.75, 3.05) is 0 Å². The lowest BCUT2D eigenvalue weighted by atomic mass is 10.2. The summed E-state index contributed by atoms with van der Waals surface area (Å²) in [5.74, 6) is 0. The Morgan fingerprint density at radius 1 is 1.55 bits per heavy atom. The largest absolute Gasteiger partial charge is 0.369 e. The van der Waals surface area contributed by atoms with Crippen LogP contribution in [0, 0.1) is 0 Å². The molecule has 0 aliphatic carbocycles. The molecule has 0 saturated carbocycles. The lowest BCUT2D eigenvalue weighted by Crippen LogP contribution is -2.18. The molecule has 11 heavy (non-hydrogen) atoms. The molecule has 1 rings (SSSR count). The molecule has 0 atom stereocenters. The lowest BCUT2D eigenvalue weighted by molar-refractivity contribution is -0.0165. The Morgan fingerprint density at radius 3 is 2.73 bits per heavy atom. The fraction of sp³-hybridized carbons (Fsp3) is 0.714.